The Morgan fingerprint density at radius 2 is 1.53 bits per heavy atom. The van der Waals surface area contributed by atoms with Crippen molar-refractivity contribution in [2.75, 3.05) is 25.3 Å². The van der Waals surface area contributed by atoms with E-state index in [4.69, 9.17) is 9.47 Å². The van der Waals surface area contributed by atoms with Gasteiger partial charge in [-0.05, 0) is 53.9 Å². The molecule has 182 valence electrons. The molecule has 0 heterocycles. The van der Waals surface area contributed by atoms with E-state index in [0.29, 0.717) is 33.5 Å². The normalized spacial score (nSPS) is 10.6. The lowest BCUT2D eigenvalue weighted by molar-refractivity contribution is 0.0698. The molecule has 4 rings (SSSR count). The predicted molar refractivity (Wildman–Crippen MR) is 140 cm³/mol. The fourth-order valence-electron chi connectivity index (χ4n) is 3.81. The van der Waals surface area contributed by atoms with Gasteiger partial charge in [0.2, 0.25) is 0 Å². The number of carboxylic acid groups (broad SMARTS) is 1. The Hall–Kier alpha value is -4.30. The fourth-order valence-corrected chi connectivity index (χ4v) is 4.66. The van der Waals surface area contributed by atoms with Gasteiger partial charge in [0.1, 0.15) is 0 Å². The van der Waals surface area contributed by atoms with E-state index in [2.05, 4.69) is 5.32 Å². The van der Waals surface area contributed by atoms with Crippen molar-refractivity contribution in [3.63, 3.8) is 0 Å². The minimum Gasteiger partial charge on any atom is -0.493 e. The molecule has 0 saturated heterocycles. The molecule has 0 aliphatic carbocycles. The highest BCUT2D eigenvalue weighted by Crippen LogP contribution is 2.29. The monoisotopic (exact) mass is 501 g/mol. The van der Waals surface area contributed by atoms with Crippen LogP contribution in [0.25, 0.3) is 10.8 Å². The number of Topliss-reactive ketones (excluding diaryl/α,β-unsaturated/α-hetero) is 1. The Morgan fingerprint density at radius 3 is 2.22 bits per heavy atom. The third kappa shape index (κ3) is 5.34. The minimum atomic E-state index is -1.10. The second-order valence-corrected chi connectivity index (χ2v) is 8.83. The van der Waals surface area contributed by atoms with Gasteiger partial charge in [-0.25, -0.2) is 4.79 Å². The molecule has 2 N–H and O–H groups in total. The summed E-state index contributed by atoms with van der Waals surface area (Å²) >= 11 is 1.34. The van der Waals surface area contributed by atoms with Crippen LogP contribution in [0.1, 0.15) is 31.1 Å². The zero-order valence-electron chi connectivity index (χ0n) is 19.6. The highest BCUT2D eigenvalue weighted by Gasteiger charge is 2.17. The van der Waals surface area contributed by atoms with Crippen molar-refractivity contribution in [2.24, 2.45) is 0 Å². The van der Waals surface area contributed by atoms with Crippen molar-refractivity contribution < 1.29 is 29.0 Å². The first-order valence-corrected chi connectivity index (χ1v) is 11.9. The van der Waals surface area contributed by atoms with E-state index in [9.17, 15) is 19.5 Å². The molecule has 4 aromatic rings. The summed E-state index contributed by atoms with van der Waals surface area (Å²) in [5, 5.41) is 13.5. The number of carboxylic acids is 1. The van der Waals surface area contributed by atoms with Gasteiger partial charge in [0.15, 0.2) is 17.3 Å². The highest BCUT2D eigenvalue weighted by molar-refractivity contribution is 8.00. The molecule has 4 aromatic carbocycles. The van der Waals surface area contributed by atoms with Crippen LogP contribution in [0.15, 0.2) is 83.8 Å². The highest BCUT2D eigenvalue weighted by atomic mass is 32.2. The molecule has 0 saturated carbocycles. The second-order valence-electron chi connectivity index (χ2n) is 7.78. The average molecular weight is 502 g/mol. The van der Waals surface area contributed by atoms with E-state index in [1.807, 2.05) is 6.07 Å². The van der Waals surface area contributed by atoms with Crippen molar-refractivity contribution in [3.05, 3.63) is 95.6 Å². The summed E-state index contributed by atoms with van der Waals surface area (Å²) in [4.78, 5) is 38.3. The number of benzene rings is 4. The standard InChI is InChI=1S/C28H23NO6S/c1-34-24-13-12-18(14-25(24)35-2)23(30)16-36-20-9-5-8-19(15-20)29-27(31)21-10-3-6-17-7-4-11-22(26(17)21)28(32)33/h3-15H,16H2,1-2H3,(H,29,31)(H,32,33). The van der Waals surface area contributed by atoms with Gasteiger partial charge < -0.3 is 19.9 Å². The molecule has 0 unspecified atom stereocenters. The first-order valence-electron chi connectivity index (χ1n) is 11.0. The zero-order chi connectivity index (χ0) is 25.7. The van der Waals surface area contributed by atoms with E-state index < -0.39 is 11.9 Å². The van der Waals surface area contributed by atoms with Crippen molar-refractivity contribution in [1.29, 1.82) is 0 Å². The Kier molecular flexibility index (Phi) is 7.56. The van der Waals surface area contributed by atoms with Crippen LogP contribution >= 0.6 is 11.8 Å². The number of hydrogen-bond acceptors (Lipinski definition) is 6. The molecule has 7 nitrogen and oxygen atoms in total. The number of ether oxygens (including phenoxy) is 2. The van der Waals surface area contributed by atoms with Crippen molar-refractivity contribution >= 4 is 45.9 Å². The number of carbonyl (C=O) groups is 3. The molecule has 0 spiro atoms. The molecule has 1 amide bonds. The number of carbonyl (C=O) groups excluding carboxylic acids is 2. The largest absolute Gasteiger partial charge is 0.493 e. The quantitative estimate of drug-likeness (QED) is 0.221. The van der Waals surface area contributed by atoms with Crippen LogP contribution in [0, 0.1) is 0 Å². The van der Waals surface area contributed by atoms with Crippen LogP contribution in [0.3, 0.4) is 0 Å². The van der Waals surface area contributed by atoms with Crippen LogP contribution < -0.4 is 14.8 Å². The Balaban J connectivity index is 1.49. The maximum Gasteiger partial charge on any atom is 0.336 e. The van der Waals surface area contributed by atoms with Gasteiger partial charge in [0.05, 0.1) is 25.5 Å². The molecule has 0 aromatic heterocycles. The summed E-state index contributed by atoms with van der Waals surface area (Å²) < 4.78 is 10.5. The molecule has 0 fully saturated rings. The molecule has 0 aliphatic heterocycles. The number of thioether (sulfide) groups is 1. The van der Waals surface area contributed by atoms with Crippen LogP contribution in [-0.2, 0) is 0 Å². The number of aromatic carboxylic acids is 1. The summed E-state index contributed by atoms with van der Waals surface area (Å²) in [5.74, 6) is -0.369. The van der Waals surface area contributed by atoms with E-state index in [-0.39, 0.29) is 22.7 Å². The molecule has 0 atom stereocenters. The van der Waals surface area contributed by atoms with Crippen molar-refractivity contribution in [3.8, 4) is 11.5 Å². The lowest BCUT2D eigenvalue weighted by atomic mass is 9.98. The van der Waals surface area contributed by atoms with Crippen LogP contribution in [0.4, 0.5) is 5.69 Å². The fraction of sp³-hybridized carbons (Fsp3) is 0.107. The van der Waals surface area contributed by atoms with Gasteiger partial charge >= 0.3 is 5.97 Å². The summed E-state index contributed by atoms with van der Waals surface area (Å²) in [6.45, 7) is 0. The maximum absolute atomic E-state index is 13.1. The summed E-state index contributed by atoms with van der Waals surface area (Å²) in [6.07, 6.45) is 0. The molecule has 0 aliphatic rings. The number of rotatable bonds is 9. The van der Waals surface area contributed by atoms with Gasteiger partial charge in [-0.3, -0.25) is 9.59 Å². The predicted octanol–water partition coefficient (Wildman–Crippen LogP) is 5.78. The number of nitrogens with one attached hydrogen (secondary N) is 1. The Bertz CT molecular complexity index is 1460. The van der Waals surface area contributed by atoms with Gasteiger partial charge in [-0.1, -0.05) is 30.3 Å². The van der Waals surface area contributed by atoms with Crippen molar-refractivity contribution in [2.45, 2.75) is 4.90 Å². The Labute approximate surface area is 212 Å². The van der Waals surface area contributed by atoms with E-state index in [1.165, 1.54) is 32.0 Å². The molecule has 0 bridgehead atoms. The van der Waals surface area contributed by atoms with Crippen LogP contribution in [0.2, 0.25) is 0 Å². The number of fused-ring (bicyclic) bond motifs is 1. The average Bonchev–Trinajstić information content (AvgIpc) is 2.90. The molecule has 8 heteroatoms. The van der Waals surface area contributed by atoms with Gasteiger partial charge in [0, 0.05) is 27.1 Å². The number of amides is 1. The van der Waals surface area contributed by atoms with Crippen LogP contribution in [-0.4, -0.2) is 42.7 Å². The molecular weight excluding hydrogens is 478 g/mol. The van der Waals surface area contributed by atoms with Crippen LogP contribution in [0.5, 0.6) is 11.5 Å². The zero-order valence-corrected chi connectivity index (χ0v) is 20.4. The van der Waals surface area contributed by atoms with Gasteiger partial charge in [-0.15, -0.1) is 11.8 Å². The third-order valence-electron chi connectivity index (χ3n) is 5.55. The molecule has 36 heavy (non-hydrogen) atoms. The lowest BCUT2D eigenvalue weighted by Crippen LogP contribution is -2.13. The maximum atomic E-state index is 13.1. The SMILES string of the molecule is COc1ccc(C(=O)CSc2cccc(NC(=O)c3cccc4cccc(C(=O)O)c34)c2)cc1OC. The molecular formula is C28H23NO6S. The number of anilines is 1. The number of hydrogen-bond donors (Lipinski definition) is 2. The van der Waals surface area contributed by atoms with Crippen molar-refractivity contribution in [1.82, 2.24) is 0 Å². The summed E-state index contributed by atoms with van der Waals surface area (Å²) in [6, 6.07) is 22.2. The van der Waals surface area contributed by atoms with Gasteiger partial charge in [-0.2, -0.15) is 0 Å². The lowest BCUT2D eigenvalue weighted by Gasteiger charge is -2.11. The smallest absolute Gasteiger partial charge is 0.336 e. The summed E-state index contributed by atoms with van der Waals surface area (Å²) in [7, 11) is 3.05. The first kappa shape index (κ1) is 24.8. The molecule has 0 radical (unpaired) electrons. The van der Waals surface area contributed by atoms with E-state index in [1.54, 1.807) is 66.7 Å². The second kappa shape index (κ2) is 11.0. The van der Waals surface area contributed by atoms with E-state index >= 15 is 0 Å². The van der Waals surface area contributed by atoms with Gasteiger partial charge in [0.25, 0.3) is 5.91 Å². The topological polar surface area (TPSA) is 102 Å². The number of methoxy groups -OCH3 is 2. The van der Waals surface area contributed by atoms with E-state index in [0.717, 1.165) is 4.90 Å². The first-order chi connectivity index (χ1) is 17.4. The number of ketones is 1. The summed E-state index contributed by atoms with van der Waals surface area (Å²) in [5.41, 5.74) is 1.38. The minimum absolute atomic E-state index is 0.0660. The third-order valence-corrected chi connectivity index (χ3v) is 6.54. The Morgan fingerprint density at radius 1 is 0.833 bits per heavy atom.